The topological polar surface area (TPSA) is 111 Å². The van der Waals surface area contributed by atoms with Gasteiger partial charge in [0.2, 0.25) is 5.75 Å². The average Bonchev–Trinajstić information content (AvgIpc) is 3.42. The van der Waals surface area contributed by atoms with Gasteiger partial charge in [-0.25, -0.2) is 8.42 Å². The molecular weight excluding hydrogens is 521 g/mol. The minimum Gasteiger partial charge on any atom is -0.341 e. The predicted octanol–water partition coefficient (Wildman–Crippen LogP) is 5.75. The molecule has 2 heterocycles. The Morgan fingerprint density at radius 2 is 1.72 bits per heavy atom. The fraction of sp³-hybridized carbons (Fsp3) is 0.273. The number of likely N-dealkylation sites (tertiary alicyclic amines) is 1. The highest BCUT2D eigenvalue weighted by atomic mass is 32.2. The van der Waals surface area contributed by atoms with Gasteiger partial charge in [-0.1, -0.05) is 29.5 Å². The van der Waals surface area contributed by atoms with Crippen molar-refractivity contribution >= 4 is 43.4 Å². The van der Waals surface area contributed by atoms with Crippen molar-refractivity contribution in [3.8, 4) is 5.75 Å². The van der Waals surface area contributed by atoms with E-state index in [1.807, 2.05) is 0 Å². The van der Waals surface area contributed by atoms with Crippen molar-refractivity contribution in [2.24, 2.45) is 0 Å². The van der Waals surface area contributed by atoms with Gasteiger partial charge in [-0.3, -0.25) is 14.8 Å². The summed E-state index contributed by atoms with van der Waals surface area (Å²) < 4.78 is 68.9. The maximum atomic E-state index is 13.8. The lowest BCUT2D eigenvalue weighted by molar-refractivity contribution is -1.05. The number of para-hydroxylation sites is 1. The zero-order valence-electron chi connectivity index (χ0n) is 18.9. The Morgan fingerprint density at radius 3 is 2.33 bits per heavy atom. The second-order valence-corrected chi connectivity index (χ2v) is 11.3. The monoisotopic (exact) mass is 543 g/mol. The summed E-state index contributed by atoms with van der Waals surface area (Å²) in [7, 11) is -2.75. The first-order chi connectivity index (χ1) is 16.9. The Labute approximate surface area is 208 Å². The number of rotatable bonds is 8. The molecular formula is C22H22F3N4O5S2+. The number of anilines is 3. The summed E-state index contributed by atoms with van der Waals surface area (Å²) in [5.74, 6) is -0.407. The van der Waals surface area contributed by atoms with Crippen LogP contribution in [0.15, 0.2) is 58.8 Å². The van der Waals surface area contributed by atoms with Crippen LogP contribution < -0.4 is 14.9 Å². The van der Waals surface area contributed by atoms with Crippen molar-refractivity contribution in [3.63, 3.8) is 0 Å². The van der Waals surface area contributed by atoms with E-state index < -0.39 is 42.3 Å². The van der Waals surface area contributed by atoms with Crippen LogP contribution in [0.4, 0.5) is 35.2 Å². The lowest BCUT2D eigenvalue weighted by atomic mass is 10.1. The molecule has 0 unspecified atom stereocenters. The molecule has 14 heteroatoms. The summed E-state index contributed by atoms with van der Waals surface area (Å²) in [6, 6.07) is 12.2. The highest BCUT2D eigenvalue weighted by molar-refractivity contribution is 7.94. The summed E-state index contributed by atoms with van der Waals surface area (Å²) in [6.07, 6.45) is -3.15. The van der Waals surface area contributed by atoms with Crippen molar-refractivity contribution in [2.45, 2.75) is 23.2 Å². The van der Waals surface area contributed by atoms with E-state index in [1.54, 1.807) is 37.4 Å². The quantitative estimate of drug-likeness (QED) is 0.213. The molecule has 0 spiro atoms. The molecule has 9 nitrogen and oxygen atoms in total. The molecule has 1 saturated heterocycles. The summed E-state index contributed by atoms with van der Waals surface area (Å²) in [5, 5.41) is 14.3. The second-order valence-electron chi connectivity index (χ2n) is 8.38. The van der Waals surface area contributed by atoms with Crippen molar-refractivity contribution in [2.75, 3.05) is 30.2 Å². The van der Waals surface area contributed by atoms with E-state index in [9.17, 15) is 31.7 Å². The Balaban J connectivity index is 1.63. The number of alkyl halides is 3. The van der Waals surface area contributed by atoms with Crippen molar-refractivity contribution in [3.05, 3.63) is 70.3 Å². The molecule has 3 aromatic rings. The Kier molecular flexibility index (Phi) is 6.86. The fourth-order valence-electron chi connectivity index (χ4n) is 3.80. The van der Waals surface area contributed by atoms with Gasteiger partial charge < -0.3 is 10.2 Å². The summed E-state index contributed by atoms with van der Waals surface area (Å²) in [4.78, 5) is 16.4. The molecule has 1 aliphatic heterocycles. The summed E-state index contributed by atoms with van der Waals surface area (Å²) >= 11 is 0.590. The molecule has 0 atom stereocenters. The number of quaternary nitrogens is 1. The van der Waals surface area contributed by atoms with Crippen LogP contribution in [-0.4, -0.2) is 38.1 Å². The summed E-state index contributed by atoms with van der Waals surface area (Å²) in [5.41, 5.74) is -1.46. The minimum absolute atomic E-state index is 0.00971. The molecule has 0 aliphatic carbocycles. The van der Waals surface area contributed by atoms with Gasteiger partial charge in [-0.05, 0) is 30.3 Å². The first-order valence-corrected chi connectivity index (χ1v) is 13.0. The van der Waals surface area contributed by atoms with E-state index >= 15 is 0 Å². The molecule has 2 N–H and O–H groups in total. The third-order valence-corrected chi connectivity index (χ3v) is 8.45. The van der Waals surface area contributed by atoms with Gasteiger partial charge in [0.05, 0.1) is 4.92 Å². The number of nitro groups is 1. The molecule has 0 saturated carbocycles. The number of halogens is 3. The number of hydrogen-bond acceptors (Lipinski definition) is 7. The SMILES string of the molecule is C[N+]1(Oc2ccc(NS(=O)(=O)c3cc([N+](=O)[O-])c(Nc4ccccc4)s3)cc2C(F)(F)F)CCCC1. The van der Waals surface area contributed by atoms with Crippen molar-refractivity contribution < 1.29 is 36.0 Å². The lowest BCUT2D eigenvalue weighted by Crippen LogP contribution is -2.44. The number of hydroxylamine groups is 3. The Morgan fingerprint density at radius 1 is 1.06 bits per heavy atom. The largest absolute Gasteiger partial charge is 0.420 e. The van der Waals surface area contributed by atoms with Crippen LogP contribution in [0.3, 0.4) is 0 Å². The van der Waals surface area contributed by atoms with Gasteiger partial charge in [-0.15, -0.1) is 4.65 Å². The molecule has 4 rings (SSSR count). The van der Waals surface area contributed by atoms with Crippen LogP contribution in [0.2, 0.25) is 0 Å². The normalized spacial score (nSPS) is 15.4. The highest BCUT2D eigenvalue weighted by Crippen LogP contribution is 2.42. The van der Waals surface area contributed by atoms with Gasteiger partial charge in [0, 0.05) is 30.3 Å². The molecule has 1 aromatic heterocycles. The van der Waals surface area contributed by atoms with E-state index in [0.29, 0.717) is 36.2 Å². The molecule has 36 heavy (non-hydrogen) atoms. The zero-order chi connectivity index (χ0) is 26.1. The van der Waals surface area contributed by atoms with Gasteiger partial charge in [-0.2, -0.15) is 13.2 Å². The summed E-state index contributed by atoms with van der Waals surface area (Å²) in [6.45, 7) is 1.12. The molecule has 1 aliphatic rings. The lowest BCUT2D eigenvalue weighted by Gasteiger charge is -2.28. The average molecular weight is 544 g/mol. The molecule has 0 radical (unpaired) electrons. The number of hydrogen-bond donors (Lipinski definition) is 2. The minimum atomic E-state index is -4.80. The standard InChI is InChI=1S/C22H22F3N4O5S2/c1-29(11-5-6-12-29)34-19-10-9-16(13-17(19)22(23,24)25)27-36(32,33)20-14-18(28(30)31)21(35-20)26-15-7-3-2-4-8-15/h2-4,7-10,13-14,26-27H,5-6,11-12H2,1H3/q+1. The first kappa shape index (κ1) is 25.7. The molecule has 0 amide bonds. The van der Waals surface area contributed by atoms with Crippen LogP contribution in [0.1, 0.15) is 18.4 Å². The first-order valence-electron chi connectivity index (χ1n) is 10.7. The smallest absolute Gasteiger partial charge is 0.341 e. The number of thiophene rings is 1. The van der Waals surface area contributed by atoms with Crippen molar-refractivity contribution in [1.82, 2.24) is 0 Å². The predicted molar refractivity (Wildman–Crippen MR) is 129 cm³/mol. The fourth-order valence-corrected chi connectivity index (χ4v) is 6.20. The Bertz CT molecular complexity index is 1370. The third-order valence-electron chi connectivity index (χ3n) is 5.55. The van der Waals surface area contributed by atoms with Crippen LogP contribution in [-0.2, 0) is 16.2 Å². The molecule has 2 aromatic carbocycles. The molecule has 1 fully saturated rings. The second kappa shape index (κ2) is 9.59. The molecule has 192 valence electrons. The van der Waals surface area contributed by atoms with E-state index in [-0.39, 0.29) is 15.3 Å². The maximum absolute atomic E-state index is 13.8. The van der Waals surface area contributed by atoms with Gasteiger partial charge in [0.1, 0.15) is 29.9 Å². The van der Waals surface area contributed by atoms with E-state index in [0.717, 1.165) is 31.0 Å². The van der Waals surface area contributed by atoms with E-state index in [1.165, 1.54) is 0 Å². The number of benzene rings is 2. The number of sulfonamides is 1. The zero-order valence-corrected chi connectivity index (χ0v) is 20.5. The number of nitrogens with one attached hydrogen (secondary N) is 2. The maximum Gasteiger partial charge on any atom is 0.420 e. The van der Waals surface area contributed by atoms with E-state index in [2.05, 4.69) is 10.0 Å². The van der Waals surface area contributed by atoms with Crippen molar-refractivity contribution in [1.29, 1.82) is 0 Å². The van der Waals surface area contributed by atoms with Gasteiger partial charge >= 0.3 is 11.9 Å². The van der Waals surface area contributed by atoms with Crippen LogP contribution in [0, 0.1) is 10.1 Å². The highest BCUT2D eigenvalue weighted by Gasteiger charge is 2.39. The molecule has 0 bridgehead atoms. The van der Waals surface area contributed by atoms with Crippen LogP contribution in [0.25, 0.3) is 0 Å². The van der Waals surface area contributed by atoms with E-state index in [4.69, 9.17) is 4.84 Å². The van der Waals surface area contributed by atoms with Gasteiger partial charge in [0.15, 0.2) is 5.00 Å². The third kappa shape index (κ3) is 5.71. The number of nitrogens with zero attached hydrogens (tertiary/aromatic N) is 2. The van der Waals surface area contributed by atoms with Gasteiger partial charge in [0.25, 0.3) is 10.0 Å². The Hall–Kier alpha value is -3.36. The van der Waals surface area contributed by atoms with Crippen LogP contribution >= 0.6 is 11.3 Å². The van der Waals surface area contributed by atoms with Crippen LogP contribution in [0.5, 0.6) is 5.75 Å².